The van der Waals surface area contributed by atoms with E-state index in [0.29, 0.717) is 5.92 Å². The first-order valence-corrected chi connectivity index (χ1v) is 8.72. The van der Waals surface area contributed by atoms with Gasteiger partial charge in [0.1, 0.15) is 5.75 Å². The largest absolute Gasteiger partial charge is 0.493 e. The van der Waals surface area contributed by atoms with Gasteiger partial charge >= 0.3 is 0 Å². The van der Waals surface area contributed by atoms with Crippen LogP contribution in [0.3, 0.4) is 0 Å². The second kappa shape index (κ2) is 8.54. The zero-order valence-corrected chi connectivity index (χ0v) is 14.7. The van der Waals surface area contributed by atoms with Crippen LogP contribution >= 0.6 is 0 Å². The summed E-state index contributed by atoms with van der Waals surface area (Å²) in [5, 5.41) is 3.41. The van der Waals surface area contributed by atoms with Crippen molar-refractivity contribution in [2.24, 2.45) is 5.92 Å². The lowest BCUT2D eigenvalue weighted by atomic mass is 10.0. The predicted molar refractivity (Wildman–Crippen MR) is 93.9 cm³/mol. The molecule has 0 aliphatic carbocycles. The molecule has 0 radical (unpaired) electrons. The van der Waals surface area contributed by atoms with E-state index < -0.39 is 0 Å². The first-order chi connectivity index (χ1) is 10.6. The fourth-order valence-electron chi connectivity index (χ4n) is 3.11. The number of nitrogens with zero attached hydrogens (tertiary/aromatic N) is 1. The van der Waals surface area contributed by atoms with Crippen LogP contribution in [0.4, 0.5) is 0 Å². The van der Waals surface area contributed by atoms with Crippen LogP contribution in [0.2, 0.25) is 0 Å². The zero-order chi connectivity index (χ0) is 15.9. The Morgan fingerprint density at radius 3 is 2.59 bits per heavy atom. The van der Waals surface area contributed by atoms with Gasteiger partial charge in [-0.15, -0.1) is 0 Å². The number of hydrogen-bond donors (Lipinski definition) is 1. The summed E-state index contributed by atoms with van der Waals surface area (Å²) in [6, 6.07) is 4.54. The van der Waals surface area contributed by atoms with Crippen molar-refractivity contribution in [1.82, 2.24) is 10.2 Å². The topological polar surface area (TPSA) is 24.5 Å². The van der Waals surface area contributed by atoms with Crippen LogP contribution in [0.5, 0.6) is 5.75 Å². The smallest absolute Gasteiger partial charge is 0.125 e. The molecule has 0 unspecified atom stereocenters. The fourth-order valence-corrected chi connectivity index (χ4v) is 3.11. The molecule has 1 aromatic carbocycles. The molecule has 0 amide bonds. The van der Waals surface area contributed by atoms with Gasteiger partial charge in [0.15, 0.2) is 0 Å². The summed E-state index contributed by atoms with van der Waals surface area (Å²) in [6.07, 6.45) is 2.32. The normalized spacial score (nSPS) is 16.2. The van der Waals surface area contributed by atoms with Crippen molar-refractivity contribution in [3.63, 3.8) is 0 Å². The van der Waals surface area contributed by atoms with E-state index in [4.69, 9.17) is 4.74 Å². The van der Waals surface area contributed by atoms with Crippen molar-refractivity contribution in [3.8, 4) is 5.75 Å². The summed E-state index contributed by atoms with van der Waals surface area (Å²) in [5.74, 6) is 1.69. The summed E-state index contributed by atoms with van der Waals surface area (Å²) in [7, 11) is 0. The van der Waals surface area contributed by atoms with Gasteiger partial charge in [0.25, 0.3) is 0 Å². The van der Waals surface area contributed by atoms with E-state index in [1.807, 2.05) is 0 Å². The molecule has 0 bridgehead atoms. The highest BCUT2D eigenvalue weighted by Gasteiger charge is 2.12. The maximum Gasteiger partial charge on any atom is 0.125 e. The Balaban J connectivity index is 1.95. The molecule has 3 nitrogen and oxygen atoms in total. The molecule has 0 atom stereocenters. The Bertz CT molecular complexity index is 465. The van der Waals surface area contributed by atoms with Gasteiger partial charge < -0.3 is 15.0 Å². The molecular formula is C19H32N2O. The van der Waals surface area contributed by atoms with Crippen LogP contribution in [-0.4, -0.2) is 44.2 Å². The number of piperazine rings is 1. The number of aryl methyl sites for hydroxylation is 3. The van der Waals surface area contributed by atoms with E-state index in [1.54, 1.807) is 0 Å². The lowest BCUT2D eigenvalue weighted by Crippen LogP contribution is -2.43. The molecule has 22 heavy (non-hydrogen) atoms. The third kappa shape index (κ3) is 5.29. The Labute approximate surface area is 136 Å². The lowest BCUT2D eigenvalue weighted by molar-refractivity contribution is 0.237. The molecule has 0 saturated carbocycles. The number of hydrogen-bond acceptors (Lipinski definition) is 3. The predicted octanol–water partition coefficient (Wildman–Crippen LogP) is 3.18. The molecular weight excluding hydrogens is 272 g/mol. The van der Waals surface area contributed by atoms with E-state index in [1.165, 1.54) is 42.7 Å². The quantitative estimate of drug-likeness (QED) is 0.837. The molecule has 1 fully saturated rings. The van der Waals surface area contributed by atoms with Gasteiger partial charge in [-0.3, -0.25) is 0 Å². The van der Waals surface area contributed by atoms with Crippen LogP contribution in [0.15, 0.2) is 12.1 Å². The summed E-state index contributed by atoms with van der Waals surface area (Å²) in [6.45, 7) is 15.4. The van der Waals surface area contributed by atoms with Crippen molar-refractivity contribution < 1.29 is 4.74 Å². The zero-order valence-electron chi connectivity index (χ0n) is 14.7. The summed E-state index contributed by atoms with van der Waals surface area (Å²) >= 11 is 0. The number of rotatable bonds is 7. The standard InChI is InChI=1S/C19H32N2O/c1-15(2)14-22-19-17(4)12-16(3)13-18(19)6-5-9-21-10-7-20-8-11-21/h12-13,15,20H,5-11,14H2,1-4H3. The maximum atomic E-state index is 6.10. The molecule has 0 spiro atoms. The molecule has 1 aliphatic heterocycles. The number of benzene rings is 1. The molecule has 1 aromatic rings. The van der Waals surface area contributed by atoms with Crippen LogP contribution in [0.25, 0.3) is 0 Å². The minimum absolute atomic E-state index is 0.564. The highest BCUT2D eigenvalue weighted by molar-refractivity contribution is 5.44. The van der Waals surface area contributed by atoms with Crippen molar-refractivity contribution in [2.45, 2.75) is 40.5 Å². The van der Waals surface area contributed by atoms with Gasteiger partial charge in [0, 0.05) is 26.2 Å². The van der Waals surface area contributed by atoms with Gasteiger partial charge in [0.05, 0.1) is 6.61 Å². The summed E-state index contributed by atoms with van der Waals surface area (Å²) < 4.78 is 6.10. The Morgan fingerprint density at radius 1 is 1.18 bits per heavy atom. The summed E-state index contributed by atoms with van der Waals surface area (Å²) in [5.41, 5.74) is 4.00. The SMILES string of the molecule is Cc1cc(C)c(OCC(C)C)c(CCCN2CCNCC2)c1. The van der Waals surface area contributed by atoms with E-state index in [0.717, 1.165) is 31.9 Å². The van der Waals surface area contributed by atoms with Gasteiger partial charge in [-0.1, -0.05) is 31.5 Å². The van der Waals surface area contributed by atoms with Crippen molar-refractivity contribution >= 4 is 0 Å². The second-order valence-corrected chi connectivity index (χ2v) is 6.97. The number of ether oxygens (including phenoxy) is 1. The van der Waals surface area contributed by atoms with E-state index in [2.05, 4.69) is 50.0 Å². The highest BCUT2D eigenvalue weighted by Crippen LogP contribution is 2.27. The first kappa shape index (κ1) is 17.3. The molecule has 1 saturated heterocycles. The minimum atomic E-state index is 0.564. The van der Waals surface area contributed by atoms with Crippen LogP contribution in [-0.2, 0) is 6.42 Å². The number of nitrogens with one attached hydrogen (secondary N) is 1. The van der Waals surface area contributed by atoms with Gasteiger partial charge in [-0.05, 0) is 50.3 Å². The second-order valence-electron chi connectivity index (χ2n) is 6.97. The average molecular weight is 304 g/mol. The Morgan fingerprint density at radius 2 is 1.91 bits per heavy atom. The van der Waals surface area contributed by atoms with E-state index in [-0.39, 0.29) is 0 Å². The first-order valence-electron chi connectivity index (χ1n) is 8.72. The monoisotopic (exact) mass is 304 g/mol. The van der Waals surface area contributed by atoms with Crippen molar-refractivity contribution in [2.75, 3.05) is 39.3 Å². The molecule has 2 rings (SSSR count). The van der Waals surface area contributed by atoms with E-state index >= 15 is 0 Å². The Hall–Kier alpha value is -1.06. The van der Waals surface area contributed by atoms with Crippen molar-refractivity contribution in [1.29, 1.82) is 0 Å². The molecule has 1 N–H and O–H groups in total. The van der Waals surface area contributed by atoms with Crippen LogP contribution in [0.1, 0.15) is 37.0 Å². The lowest BCUT2D eigenvalue weighted by Gasteiger charge is -2.27. The molecule has 124 valence electrons. The van der Waals surface area contributed by atoms with Gasteiger partial charge in [-0.2, -0.15) is 0 Å². The van der Waals surface area contributed by atoms with Crippen molar-refractivity contribution in [3.05, 3.63) is 28.8 Å². The Kier molecular flexibility index (Phi) is 6.71. The van der Waals surface area contributed by atoms with Crippen LogP contribution < -0.4 is 10.1 Å². The van der Waals surface area contributed by atoms with E-state index in [9.17, 15) is 0 Å². The third-order valence-electron chi connectivity index (χ3n) is 4.19. The maximum absolute atomic E-state index is 6.10. The fraction of sp³-hybridized carbons (Fsp3) is 0.684. The van der Waals surface area contributed by atoms with Gasteiger partial charge in [0.2, 0.25) is 0 Å². The highest BCUT2D eigenvalue weighted by atomic mass is 16.5. The molecule has 1 aliphatic rings. The van der Waals surface area contributed by atoms with Crippen LogP contribution in [0, 0.1) is 19.8 Å². The molecule has 0 aromatic heterocycles. The minimum Gasteiger partial charge on any atom is -0.493 e. The van der Waals surface area contributed by atoms with Gasteiger partial charge in [-0.25, -0.2) is 0 Å². The average Bonchev–Trinajstić information content (AvgIpc) is 2.47. The molecule has 3 heteroatoms. The molecule has 1 heterocycles. The summed E-state index contributed by atoms with van der Waals surface area (Å²) in [4.78, 5) is 2.56. The third-order valence-corrected chi connectivity index (χ3v) is 4.19.